The van der Waals surface area contributed by atoms with Gasteiger partial charge in [-0.05, 0) is 38.8 Å². The summed E-state index contributed by atoms with van der Waals surface area (Å²) in [7, 11) is 0. The van der Waals surface area contributed by atoms with Crippen LogP contribution in [0.5, 0.6) is 0 Å². The molecule has 0 aliphatic carbocycles. The van der Waals surface area contributed by atoms with Gasteiger partial charge in [-0.2, -0.15) is 0 Å². The van der Waals surface area contributed by atoms with Crippen LogP contribution in [-0.4, -0.2) is 24.1 Å². The van der Waals surface area contributed by atoms with Gasteiger partial charge in [-0.1, -0.05) is 18.2 Å². The van der Waals surface area contributed by atoms with Crippen LogP contribution in [0.25, 0.3) is 0 Å². The second kappa shape index (κ2) is 6.16. The zero-order valence-electron chi connectivity index (χ0n) is 12.7. The molecule has 3 nitrogen and oxygen atoms in total. The largest absolute Gasteiger partial charge is 0.371 e. The van der Waals surface area contributed by atoms with E-state index in [1.54, 1.807) is 11.3 Å². The summed E-state index contributed by atoms with van der Waals surface area (Å²) in [5.41, 5.74) is 1.38. The van der Waals surface area contributed by atoms with Crippen molar-refractivity contribution in [1.29, 1.82) is 0 Å². The lowest BCUT2D eigenvalue weighted by molar-refractivity contribution is 0.242. The quantitative estimate of drug-likeness (QED) is 0.934. The van der Waals surface area contributed by atoms with E-state index in [0.717, 1.165) is 25.9 Å². The van der Waals surface area contributed by atoms with Gasteiger partial charge in [-0.25, -0.2) is 4.98 Å². The number of nitrogens with zero attached hydrogens (tertiary/aromatic N) is 2. The Morgan fingerprint density at radius 3 is 2.48 bits per heavy atom. The smallest absolute Gasteiger partial charge is 0.113 e. The second-order valence-corrected chi connectivity index (χ2v) is 6.94. The fourth-order valence-corrected chi connectivity index (χ4v) is 4.08. The summed E-state index contributed by atoms with van der Waals surface area (Å²) in [6.07, 6.45) is 4.13. The van der Waals surface area contributed by atoms with Crippen molar-refractivity contribution >= 4 is 17.0 Å². The molecule has 0 spiro atoms. The molecule has 1 aliphatic rings. The van der Waals surface area contributed by atoms with Gasteiger partial charge in [0, 0.05) is 36.4 Å². The van der Waals surface area contributed by atoms with Crippen LogP contribution in [-0.2, 0) is 5.54 Å². The number of nitrogens with one attached hydrogen (secondary N) is 1. The molecular weight excluding hydrogens is 278 g/mol. The first-order valence-corrected chi connectivity index (χ1v) is 8.55. The van der Waals surface area contributed by atoms with Crippen molar-refractivity contribution in [2.75, 3.05) is 18.0 Å². The second-order valence-electron chi connectivity index (χ2n) is 6.04. The van der Waals surface area contributed by atoms with Crippen molar-refractivity contribution in [2.24, 2.45) is 0 Å². The summed E-state index contributed by atoms with van der Waals surface area (Å²) in [4.78, 5) is 7.08. The summed E-state index contributed by atoms with van der Waals surface area (Å²) in [6, 6.07) is 11.2. The Kier molecular flexibility index (Phi) is 4.27. The predicted octanol–water partition coefficient (Wildman–Crippen LogP) is 3.64. The molecule has 1 saturated heterocycles. The van der Waals surface area contributed by atoms with Gasteiger partial charge in [0.15, 0.2) is 0 Å². The normalized spacial score (nSPS) is 18.1. The number of aromatic nitrogens is 1. The first kappa shape index (κ1) is 14.5. The molecule has 4 heteroatoms. The number of piperidine rings is 1. The molecule has 1 aromatic carbocycles. The van der Waals surface area contributed by atoms with Crippen LogP contribution in [0, 0.1) is 0 Å². The lowest BCUT2D eigenvalue weighted by atomic mass is 9.87. The van der Waals surface area contributed by atoms with E-state index in [1.807, 2.05) is 6.20 Å². The Hall–Kier alpha value is -1.39. The molecule has 0 amide bonds. The van der Waals surface area contributed by atoms with Gasteiger partial charge in [-0.3, -0.25) is 0 Å². The molecule has 1 N–H and O–H groups in total. The van der Waals surface area contributed by atoms with E-state index in [1.165, 1.54) is 10.7 Å². The standard InChI is InChI=1S/C17H23N3S/c1-14(2)19-17(16-18-10-13-21-16)8-11-20(12-9-17)15-6-4-3-5-7-15/h3-7,10,13-14,19H,8-9,11-12H2,1-2H3. The van der Waals surface area contributed by atoms with E-state index >= 15 is 0 Å². The van der Waals surface area contributed by atoms with Gasteiger partial charge in [0.1, 0.15) is 5.01 Å². The first-order chi connectivity index (χ1) is 10.2. The van der Waals surface area contributed by atoms with Gasteiger partial charge < -0.3 is 10.2 Å². The topological polar surface area (TPSA) is 28.2 Å². The van der Waals surface area contributed by atoms with Gasteiger partial charge >= 0.3 is 0 Å². The Morgan fingerprint density at radius 2 is 1.90 bits per heavy atom. The van der Waals surface area contributed by atoms with Crippen molar-refractivity contribution < 1.29 is 0 Å². The van der Waals surface area contributed by atoms with E-state index in [2.05, 4.69) is 64.8 Å². The SMILES string of the molecule is CC(C)NC1(c2nccs2)CCN(c2ccccc2)CC1. The van der Waals surface area contributed by atoms with Crippen LogP contribution in [0.4, 0.5) is 5.69 Å². The average molecular weight is 301 g/mol. The molecule has 21 heavy (non-hydrogen) atoms. The molecule has 0 radical (unpaired) electrons. The zero-order valence-corrected chi connectivity index (χ0v) is 13.6. The Bertz CT molecular complexity index is 543. The summed E-state index contributed by atoms with van der Waals surface area (Å²) >= 11 is 1.78. The molecule has 3 rings (SSSR count). The maximum absolute atomic E-state index is 4.60. The highest BCUT2D eigenvalue weighted by atomic mass is 32.1. The lowest BCUT2D eigenvalue weighted by Crippen LogP contribution is -2.53. The summed E-state index contributed by atoms with van der Waals surface area (Å²) in [6.45, 7) is 6.59. The average Bonchev–Trinajstić information content (AvgIpc) is 3.03. The Morgan fingerprint density at radius 1 is 1.19 bits per heavy atom. The molecule has 112 valence electrons. The van der Waals surface area contributed by atoms with E-state index in [4.69, 9.17) is 0 Å². The van der Waals surface area contributed by atoms with Gasteiger partial charge in [-0.15, -0.1) is 11.3 Å². The molecule has 2 aromatic rings. The minimum absolute atomic E-state index is 0.0492. The van der Waals surface area contributed by atoms with Crippen LogP contribution in [0.15, 0.2) is 41.9 Å². The first-order valence-electron chi connectivity index (χ1n) is 7.67. The van der Waals surface area contributed by atoms with Crippen LogP contribution >= 0.6 is 11.3 Å². The molecule has 0 atom stereocenters. The van der Waals surface area contributed by atoms with Crippen LogP contribution in [0.3, 0.4) is 0 Å². The minimum Gasteiger partial charge on any atom is -0.371 e. The van der Waals surface area contributed by atoms with Gasteiger partial charge in [0.05, 0.1) is 5.54 Å². The van der Waals surface area contributed by atoms with Crippen molar-refractivity contribution in [3.05, 3.63) is 46.9 Å². The molecule has 1 fully saturated rings. The van der Waals surface area contributed by atoms with Crippen molar-refractivity contribution in [3.8, 4) is 0 Å². The summed E-state index contributed by atoms with van der Waals surface area (Å²) in [5, 5.41) is 7.12. The molecule has 0 unspecified atom stereocenters. The Balaban J connectivity index is 1.77. The molecule has 2 heterocycles. The molecular formula is C17H23N3S. The molecule has 0 bridgehead atoms. The number of para-hydroxylation sites is 1. The van der Waals surface area contributed by atoms with E-state index < -0.39 is 0 Å². The maximum Gasteiger partial charge on any atom is 0.113 e. The third kappa shape index (κ3) is 3.11. The molecule has 0 saturated carbocycles. The fraction of sp³-hybridized carbons (Fsp3) is 0.471. The third-order valence-corrected chi connectivity index (χ3v) is 5.12. The summed E-state index contributed by atoms with van der Waals surface area (Å²) in [5.74, 6) is 0. The van der Waals surface area contributed by atoms with Crippen molar-refractivity contribution in [1.82, 2.24) is 10.3 Å². The van der Waals surface area contributed by atoms with E-state index in [0.29, 0.717) is 6.04 Å². The summed E-state index contributed by atoms with van der Waals surface area (Å²) < 4.78 is 0. The van der Waals surface area contributed by atoms with Gasteiger partial charge in [0.2, 0.25) is 0 Å². The van der Waals surface area contributed by atoms with Crippen LogP contribution in [0.2, 0.25) is 0 Å². The van der Waals surface area contributed by atoms with Crippen LogP contribution in [0.1, 0.15) is 31.7 Å². The number of benzene rings is 1. The van der Waals surface area contributed by atoms with Crippen molar-refractivity contribution in [3.63, 3.8) is 0 Å². The highest BCUT2D eigenvalue weighted by Crippen LogP contribution is 2.36. The zero-order chi connectivity index (χ0) is 14.7. The van der Waals surface area contributed by atoms with Crippen molar-refractivity contribution in [2.45, 2.75) is 38.3 Å². The monoisotopic (exact) mass is 301 g/mol. The maximum atomic E-state index is 4.60. The number of anilines is 1. The third-order valence-electron chi connectivity index (χ3n) is 4.15. The Labute approximate surface area is 131 Å². The predicted molar refractivity (Wildman–Crippen MR) is 90.0 cm³/mol. The van der Waals surface area contributed by atoms with E-state index in [9.17, 15) is 0 Å². The van der Waals surface area contributed by atoms with E-state index in [-0.39, 0.29) is 5.54 Å². The number of rotatable bonds is 4. The number of hydrogen-bond donors (Lipinski definition) is 1. The number of thiazole rings is 1. The minimum atomic E-state index is 0.0492. The van der Waals surface area contributed by atoms with Crippen LogP contribution < -0.4 is 10.2 Å². The highest BCUT2D eigenvalue weighted by Gasteiger charge is 2.38. The lowest BCUT2D eigenvalue weighted by Gasteiger charge is -2.43. The molecule has 1 aliphatic heterocycles. The fourth-order valence-electron chi connectivity index (χ4n) is 3.22. The molecule has 1 aromatic heterocycles. The number of hydrogen-bond acceptors (Lipinski definition) is 4. The van der Waals surface area contributed by atoms with Gasteiger partial charge in [0.25, 0.3) is 0 Å². The highest BCUT2D eigenvalue weighted by molar-refractivity contribution is 7.09.